The number of nitrogens with zero attached hydrogens (tertiary/aromatic N) is 2. The van der Waals surface area contributed by atoms with Crippen LogP contribution in [0.3, 0.4) is 0 Å². The van der Waals surface area contributed by atoms with E-state index in [0.29, 0.717) is 36.2 Å². The molecule has 1 atom stereocenters. The van der Waals surface area contributed by atoms with Crippen LogP contribution < -0.4 is 4.74 Å². The normalized spacial score (nSPS) is 17.0. The first kappa shape index (κ1) is 24.8. The fraction of sp³-hybridized carbons (Fsp3) is 0.379. The number of hydrogen-bond donors (Lipinski definition) is 0. The SMILES string of the molecule is Cc1ccc(C(=O)N(CC(=O)N2CCc3sccc3[C@H]2COc2ccc(Cl)c(C)c2)CC2CC2)cc1. The fourth-order valence-corrected chi connectivity index (χ4v) is 5.77. The summed E-state index contributed by atoms with van der Waals surface area (Å²) in [6, 6.07) is 15.1. The topological polar surface area (TPSA) is 49.9 Å². The molecule has 2 amide bonds. The number of hydrogen-bond acceptors (Lipinski definition) is 4. The Labute approximate surface area is 221 Å². The molecular weight excluding hydrogens is 492 g/mol. The molecule has 1 aliphatic carbocycles. The smallest absolute Gasteiger partial charge is 0.254 e. The molecule has 1 aromatic heterocycles. The van der Waals surface area contributed by atoms with Gasteiger partial charge in [-0.2, -0.15) is 0 Å². The standard InChI is InChI=1S/C29H31ClN2O3S/c1-19-3-7-22(8-4-19)29(34)31(16-21-5-6-21)17-28(33)32-13-11-27-24(12-14-36-27)26(32)18-35-23-9-10-25(30)20(2)15-23/h3-4,7-10,12,14-15,21,26H,5-6,11,13,16-18H2,1-2H3/t26-/m1/s1. The molecular formula is C29H31ClN2O3S. The Kier molecular flexibility index (Phi) is 7.35. The van der Waals surface area contributed by atoms with Gasteiger partial charge >= 0.3 is 0 Å². The van der Waals surface area contributed by atoms with Gasteiger partial charge in [-0.25, -0.2) is 0 Å². The quantitative estimate of drug-likeness (QED) is 0.360. The van der Waals surface area contributed by atoms with Gasteiger partial charge in [0.15, 0.2) is 0 Å². The van der Waals surface area contributed by atoms with Crippen molar-refractivity contribution in [2.24, 2.45) is 5.92 Å². The van der Waals surface area contributed by atoms with Crippen molar-refractivity contribution in [1.82, 2.24) is 9.80 Å². The molecule has 0 saturated heterocycles. The number of rotatable bonds is 8. The van der Waals surface area contributed by atoms with Gasteiger partial charge < -0.3 is 14.5 Å². The summed E-state index contributed by atoms with van der Waals surface area (Å²) < 4.78 is 6.17. The minimum atomic E-state index is -0.194. The maximum atomic E-state index is 13.7. The van der Waals surface area contributed by atoms with E-state index < -0.39 is 0 Å². The second kappa shape index (κ2) is 10.7. The van der Waals surface area contributed by atoms with Gasteiger partial charge in [0.2, 0.25) is 5.91 Å². The zero-order valence-electron chi connectivity index (χ0n) is 20.7. The van der Waals surface area contributed by atoms with Crippen LogP contribution in [-0.4, -0.2) is 47.9 Å². The number of amides is 2. The predicted molar refractivity (Wildman–Crippen MR) is 144 cm³/mol. The van der Waals surface area contributed by atoms with Crippen LogP contribution in [0.1, 0.15) is 50.8 Å². The average Bonchev–Trinajstić information content (AvgIpc) is 3.56. The number of carbonyl (C=O) groups excluding carboxylic acids is 2. The Hall–Kier alpha value is -2.83. The first-order valence-corrected chi connectivity index (χ1v) is 13.8. The number of thiophene rings is 1. The molecule has 5 rings (SSSR count). The van der Waals surface area contributed by atoms with Gasteiger partial charge in [-0.3, -0.25) is 9.59 Å². The number of halogens is 1. The van der Waals surface area contributed by atoms with Gasteiger partial charge in [0, 0.05) is 28.6 Å². The maximum absolute atomic E-state index is 13.7. The van der Waals surface area contributed by atoms with Crippen molar-refractivity contribution in [3.05, 3.63) is 86.1 Å². The van der Waals surface area contributed by atoms with E-state index in [-0.39, 0.29) is 24.4 Å². The van der Waals surface area contributed by atoms with Crippen molar-refractivity contribution >= 4 is 34.8 Å². The number of carbonyl (C=O) groups is 2. The highest BCUT2D eigenvalue weighted by Gasteiger charge is 2.35. The number of aryl methyl sites for hydroxylation is 2. The number of fused-ring (bicyclic) bond motifs is 1. The lowest BCUT2D eigenvalue weighted by molar-refractivity contribution is -0.135. The van der Waals surface area contributed by atoms with Crippen LogP contribution in [0, 0.1) is 19.8 Å². The second-order valence-corrected chi connectivity index (χ2v) is 11.3. The van der Waals surface area contributed by atoms with Crippen molar-refractivity contribution in [2.45, 2.75) is 39.2 Å². The summed E-state index contributed by atoms with van der Waals surface area (Å²) in [5, 5.41) is 2.78. The third-order valence-corrected chi connectivity index (χ3v) is 8.46. The highest BCUT2D eigenvalue weighted by molar-refractivity contribution is 7.10. The van der Waals surface area contributed by atoms with E-state index in [1.807, 2.05) is 61.2 Å². The number of benzene rings is 2. The van der Waals surface area contributed by atoms with E-state index in [0.717, 1.165) is 41.7 Å². The monoisotopic (exact) mass is 522 g/mol. The van der Waals surface area contributed by atoms with Crippen LogP contribution in [0.2, 0.25) is 5.02 Å². The third-order valence-electron chi connectivity index (χ3n) is 7.04. The summed E-state index contributed by atoms with van der Waals surface area (Å²) in [5.74, 6) is 1.11. The van der Waals surface area contributed by atoms with Crippen LogP contribution in [0.15, 0.2) is 53.9 Å². The van der Waals surface area contributed by atoms with E-state index in [9.17, 15) is 9.59 Å². The Morgan fingerprint density at radius 1 is 1.11 bits per heavy atom. The zero-order chi connectivity index (χ0) is 25.2. The van der Waals surface area contributed by atoms with Gasteiger partial charge in [0.05, 0.1) is 6.04 Å². The second-order valence-electron chi connectivity index (χ2n) is 9.87. The molecule has 1 aliphatic heterocycles. The average molecular weight is 523 g/mol. The number of ether oxygens (including phenoxy) is 1. The van der Waals surface area contributed by atoms with Crippen molar-refractivity contribution < 1.29 is 14.3 Å². The van der Waals surface area contributed by atoms with Crippen molar-refractivity contribution in [3.63, 3.8) is 0 Å². The Morgan fingerprint density at radius 2 is 1.89 bits per heavy atom. The molecule has 0 spiro atoms. The molecule has 0 unspecified atom stereocenters. The van der Waals surface area contributed by atoms with Crippen LogP contribution in [0.5, 0.6) is 5.75 Å². The van der Waals surface area contributed by atoms with Gasteiger partial charge in [0.25, 0.3) is 5.91 Å². The Bertz CT molecular complexity index is 1250. The van der Waals surface area contributed by atoms with Crippen LogP contribution in [0.4, 0.5) is 0 Å². The summed E-state index contributed by atoms with van der Waals surface area (Å²) in [5.41, 5.74) is 3.83. The van der Waals surface area contributed by atoms with Gasteiger partial charge in [0.1, 0.15) is 18.9 Å². The highest BCUT2D eigenvalue weighted by Crippen LogP contribution is 2.35. The van der Waals surface area contributed by atoms with E-state index >= 15 is 0 Å². The molecule has 2 aliphatic rings. The molecule has 3 aromatic rings. The van der Waals surface area contributed by atoms with E-state index in [4.69, 9.17) is 16.3 Å². The predicted octanol–water partition coefficient (Wildman–Crippen LogP) is 6.08. The van der Waals surface area contributed by atoms with Crippen LogP contribution >= 0.6 is 22.9 Å². The lowest BCUT2D eigenvalue weighted by Crippen LogP contribution is -2.48. The fourth-order valence-electron chi connectivity index (χ4n) is 4.72. The Balaban J connectivity index is 1.34. The van der Waals surface area contributed by atoms with Crippen molar-refractivity contribution in [2.75, 3.05) is 26.2 Å². The van der Waals surface area contributed by atoms with Gasteiger partial charge in [-0.15, -0.1) is 11.3 Å². The first-order valence-electron chi connectivity index (χ1n) is 12.5. The molecule has 0 N–H and O–H groups in total. The molecule has 1 saturated carbocycles. The summed E-state index contributed by atoms with van der Waals surface area (Å²) in [7, 11) is 0. The molecule has 5 nitrogen and oxygen atoms in total. The van der Waals surface area contributed by atoms with Crippen LogP contribution in [-0.2, 0) is 11.2 Å². The molecule has 7 heteroatoms. The van der Waals surface area contributed by atoms with E-state index in [2.05, 4.69) is 11.4 Å². The lowest BCUT2D eigenvalue weighted by atomic mass is 10.00. The van der Waals surface area contributed by atoms with E-state index in [1.165, 1.54) is 4.88 Å². The highest BCUT2D eigenvalue weighted by atomic mass is 35.5. The first-order chi connectivity index (χ1) is 17.4. The minimum Gasteiger partial charge on any atom is -0.491 e. The molecule has 36 heavy (non-hydrogen) atoms. The molecule has 0 radical (unpaired) electrons. The van der Waals surface area contributed by atoms with Crippen molar-refractivity contribution in [3.8, 4) is 5.75 Å². The molecule has 1 fully saturated rings. The summed E-state index contributed by atoms with van der Waals surface area (Å²) in [6.07, 6.45) is 3.06. The van der Waals surface area contributed by atoms with Crippen LogP contribution in [0.25, 0.3) is 0 Å². The summed E-state index contributed by atoms with van der Waals surface area (Å²) in [4.78, 5) is 32.0. The summed E-state index contributed by atoms with van der Waals surface area (Å²) >= 11 is 7.90. The molecule has 0 bridgehead atoms. The zero-order valence-corrected chi connectivity index (χ0v) is 22.3. The molecule has 2 heterocycles. The largest absolute Gasteiger partial charge is 0.491 e. The summed E-state index contributed by atoms with van der Waals surface area (Å²) in [6.45, 7) is 5.63. The van der Waals surface area contributed by atoms with Gasteiger partial charge in [-0.05, 0) is 91.9 Å². The van der Waals surface area contributed by atoms with Gasteiger partial charge in [-0.1, -0.05) is 29.3 Å². The van der Waals surface area contributed by atoms with E-state index in [1.54, 1.807) is 16.2 Å². The third kappa shape index (κ3) is 5.60. The molecule has 2 aromatic carbocycles. The minimum absolute atomic E-state index is 0.0335. The van der Waals surface area contributed by atoms with Crippen molar-refractivity contribution in [1.29, 1.82) is 0 Å². The molecule has 188 valence electrons. The maximum Gasteiger partial charge on any atom is 0.254 e. The Morgan fingerprint density at radius 3 is 2.61 bits per heavy atom. The lowest BCUT2D eigenvalue weighted by Gasteiger charge is -2.37.